The van der Waals surface area contributed by atoms with Crippen molar-refractivity contribution in [2.45, 2.75) is 39.2 Å². The van der Waals surface area contributed by atoms with Crippen molar-refractivity contribution < 1.29 is 18.7 Å². The average Bonchev–Trinajstić information content (AvgIpc) is 3.10. The molecule has 2 N–H and O–H groups in total. The van der Waals surface area contributed by atoms with Crippen molar-refractivity contribution in [1.29, 1.82) is 0 Å². The number of aromatic nitrogens is 1. The van der Waals surface area contributed by atoms with E-state index >= 15 is 0 Å². The average molecular weight is 442 g/mol. The summed E-state index contributed by atoms with van der Waals surface area (Å²) in [6.07, 6.45) is 1.98. The van der Waals surface area contributed by atoms with Crippen LogP contribution in [0, 0.1) is 5.82 Å². The van der Waals surface area contributed by atoms with E-state index in [1.54, 1.807) is 63.4 Å². The molecule has 2 aromatic carbocycles. The van der Waals surface area contributed by atoms with E-state index in [9.17, 15) is 14.0 Å². The van der Waals surface area contributed by atoms with E-state index in [4.69, 9.17) is 4.74 Å². The second-order valence-electron chi connectivity index (χ2n) is 7.98. The van der Waals surface area contributed by atoms with Gasteiger partial charge in [-0.2, -0.15) is 0 Å². The minimum absolute atomic E-state index is 0.180. The number of amides is 2. The number of hydrogen-bond donors (Lipinski definition) is 2. The molecule has 6 nitrogen and oxygen atoms in total. The Hall–Kier alpha value is -3.26. The SMILES string of the molecule is CC(C)(C)OC(=O)Nc1ccc(CC(=O)Nc2ncc(Cc3ccc(F)cc3)s2)cc1. The normalized spacial score (nSPS) is 11.1. The molecule has 0 fully saturated rings. The van der Waals surface area contributed by atoms with E-state index in [-0.39, 0.29) is 18.1 Å². The number of ether oxygens (including phenoxy) is 1. The van der Waals surface area contributed by atoms with Crippen LogP contribution in [-0.2, 0) is 22.4 Å². The highest BCUT2D eigenvalue weighted by molar-refractivity contribution is 7.15. The fraction of sp³-hybridized carbons (Fsp3) is 0.261. The van der Waals surface area contributed by atoms with Gasteiger partial charge in [0.15, 0.2) is 5.13 Å². The van der Waals surface area contributed by atoms with Gasteiger partial charge in [-0.3, -0.25) is 10.1 Å². The fourth-order valence-electron chi connectivity index (χ4n) is 2.73. The molecule has 0 unspecified atom stereocenters. The molecule has 0 aliphatic carbocycles. The van der Waals surface area contributed by atoms with Crippen LogP contribution in [0.4, 0.5) is 20.0 Å². The van der Waals surface area contributed by atoms with Gasteiger partial charge >= 0.3 is 6.09 Å². The topological polar surface area (TPSA) is 80.3 Å². The predicted octanol–water partition coefficient (Wildman–Crippen LogP) is 5.40. The number of carbonyl (C=O) groups excluding carboxylic acids is 2. The van der Waals surface area contributed by atoms with Crippen LogP contribution < -0.4 is 10.6 Å². The number of thiazole rings is 1. The van der Waals surface area contributed by atoms with Gasteiger partial charge in [-0.1, -0.05) is 24.3 Å². The molecule has 0 saturated heterocycles. The predicted molar refractivity (Wildman–Crippen MR) is 120 cm³/mol. The molecule has 0 aliphatic heterocycles. The Morgan fingerprint density at radius 1 is 1.00 bits per heavy atom. The lowest BCUT2D eigenvalue weighted by Gasteiger charge is -2.19. The van der Waals surface area contributed by atoms with Gasteiger partial charge in [-0.05, 0) is 56.2 Å². The zero-order valence-corrected chi connectivity index (χ0v) is 18.4. The van der Waals surface area contributed by atoms with Crippen LogP contribution in [0.3, 0.4) is 0 Å². The number of carbonyl (C=O) groups is 2. The van der Waals surface area contributed by atoms with Gasteiger partial charge in [0.2, 0.25) is 5.91 Å². The first-order chi connectivity index (χ1) is 14.7. The van der Waals surface area contributed by atoms with Crippen molar-refractivity contribution in [3.63, 3.8) is 0 Å². The standard InChI is InChI=1S/C23H24FN3O3S/c1-23(2,3)30-22(29)26-18-10-6-16(7-11-18)13-20(28)27-21-25-14-19(31-21)12-15-4-8-17(24)9-5-15/h4-11,14H,12-13H2,1-3H3,(H,26,29)(H,25,27,28). The minimum atomic E-state index is -0.573. The summed E-state index contributed by atoms with van der Waals surface area (Å²) >= 11 is 1.39. The van der Waals surface area contributed by atoms with Crippen molar-refractivity contribution in [2.24, 2.45) is 0 Å². The van der Waals surface area contributed by atoms with Gasteiger partial charge in [-0.15, -0.1) is 11.3 Å². The highest BCUT2D eigenvalue weighted by atomic mass is 32.1. The van der Waals surface area contributed by atoms with Gasteiger partial charge < -0.3 is 10.1 Å². The van der Waals surface area contributed by atoms with Crippen LogP contribution in [0.15, 0.2) is 54.7 Å². The van der Waals surface area contributed by atoms with Crippen molar-refractivity contribution in [3.8, 4) is 0 Å². The number of halogens is 1. The van der Waals surface area contributed by atoms with Crippen molar-refractivity contribution in [1.82, 2.24) is 4.98 Å². The molecule has 8 heteroatoms. The van der Waals surface area contributed by atoms with Gasteiger partial charge in [-0.25, -0.2) is 14.2 Å². The van der Waals surface area contributed by atoms with E-state index in [2.05, 4.69) is 15.6 Å². The summed E-state index contributed by atoms with van der Waals surface area (Å²) in [7, 11) is 0. The molecule has 0 aliphatic rings. The molecule has 2 amide bonds. The van der Waals surface area contributed by atoms with E-state index in [1.807, 2.05) is 0 Å². The van der Waals surface area contributed by atoms with E-state index in [0.29, 0.717) is 17.2 Å². The maximum Gasteiger partial charge on any atom is 0.412 e. The number of hydrogen-bond acceptors (Lipinski definition) is 5. The Kier molecular flexibility index (Phi) is 7.02. The summed E-state index contributed by atoms with van der Waals surface area (Å²) in [5, 5.41) is 5.97. The second-order valence-corrected chi connectivity index (χ2v) is 9.10. The first-order valence-corrected chi connectivity index (χ1v) is 10.6. The van der Waals surface area contributed by atoms with Crippen molar-refractivity contribution >= 4 is 34.2 Å². The first kappa shape index (κ1) is 22.4. The van der Waals surface area contributed by atoms with Crippen molar-refractivity contribution in [3.05, 3.63) is 76.5 Å². The van der Waals surface area contributed by atoms with Crippen LogP contribution in [0.1, 0.15) is 36.8 Å². The zero-order chi connectivity index (χ0) is 22.4. The van der Waals surface area contributed by atoms with Crippen LogP contribution in [0.2, 0.25) is 0 Å². The quantitative estimate of drug-likeness (QED) is 0.537. The highest BCUT2D eigenvalue weighted by Crippen LogP contribution is 2.22. The zero-order valence-electron chi connectivity index (χ0n) is 17.6. The van der Waals surface area contributed by atoms with E-state index in [1.165, 1.54) is 23.5 Å². The lowest BCUT2D eigenvalue weighted by atomic mass is 10.1. The first-order valence-electron chi connectivity index (χ1n) is 9.74. The summed E-state index contributed by atoms with van der Waals surface area (Å²) in [5.74, 6) is -0.454. The summed E-state index contributed by atoms with van der Waals surface area (Å²) in [6, 6.07) is 13.3. The maximum absolute atomic E-state index is 13.0. The molecule has 0 bridgehead atoms. The molecular weight excluding hydrogens is 417 g/mol. The van der Waals surface area contributed by atoms with Gasteiger partial charge in [0.25, 0.3) is 0 Å². The number of nitrogens with zero attached hydrogens (tertiary/aromatic N) is 1. The number of nitrogens with one attached hydrogen (secondary N) is 2. The van der Waals surface area contributed by atoms with Gasteiger partial charge in [0.05, 0.1) is 6.42 Å². The number of anilines is 2. The number of rotatable bonds is 6. The lowest BCUT2D eigenvalue weighted by Crippen LogP contribution is -2.27. The summed E-state index contributed by atoms with van der Waals surface area (Å²) in [6.45, 7) is 5.38. The maximum atomic E-state index is 13.0. The lowest BCUT2D eigenvalue weighted by molar-refractivity contribution is -0.115. The third-order valence-corrected chi connectivity index (χ3v) is 4.97. The Morgan fingerprint density at radius 2 is 1.65 bits per heavy atom. The molecule has 1 heterocycles. The molecule has 0 spiro atoms. The molecule has 3 aromatic rings. The molecule has 0 atom stereocenters. The van der Waals surface area contributed by atoms with Gasteiger partial charge in [0, 0.05) is 23.2 Å². The smallest absolute Gasteiger partial charge is 0.412 e. The molecule has 0 radical (unpaired) electrons. The molecule has 0 saturated carbocycles. The third kappa shape index (κ3) is 7.49. The third-order valence-electron chi connectivity index (χ3n) is 4.06. The molecular formula is C23H24FN3O3S. The van der Waals surface area contributed by atoms with E-state index < -0.39 is 11.7 Å². The van der Waals surface area contributed by atoms with Crippen LogP contribution >= 0.6 is 11.3 Å². The second kappa shape index (κ2) is 9.70. The van der Waals surface area contributed by atoms with Crippen LogP contribution in [-0.4, -0.2) is 22.6 Å². The molecule has 162 valence electrons. The summed E-state index contributed by atoms with van der Waals surface area (Å²) < 4.78 is 18.2. The largest absolute Gasteiger partial charge is 0.444 e. The molecule has 3 rings (SSSR count). The Bertz CT molecular complexity index is 1040. The monoisotopic (exact) mass is 441 g/mol. The van der Waals surface area contributed by atoms with Crippen LogP contribution in [0.5, 0.6) is 0 Å². The number of benzene rings is 2. The Morgan fingerprint density at radius 3 is 2.29 bits per heavy atom. The van der Waals surface area contributed by atoms with Crippen molar-refractivity contribution in [2.75, 3.05) is 10.6 Å². The minimum Gasteiger partial charge on any atom is -0.444 e. The Balaban J connectivity index is 1.50. The van der Waals surface area contributed by atoms with Gasteiger partial charge in [0.1, 0.15) is 11.4 Å². The van der Waals surface area contributed by atoms with E-state index in [0.717, 1.165) is 16.0 Å². The van der Waals surface area contributed by atoms with Crippen LogP contribution in [0.25, 0.3) is 0 Å². The summed E-state index contributed by atoms with van der Waals surface area (Å²) in [5.41, 5.74) is 1.79. The Labute approximate surface area is 184 Å². The summed E-state index contributed by atoms with van der Waals surface area (Å²) in [4.78, 5) is 29.3. The fourth-order valence-corrected chi connectivity index (χ4v) is 3.59. The molecule has 31 heavy (non-hydrogen) atoms. The molecule has 1 aromatic heterocycles. The highest BCUT2D eigenvalue weighted by Gasteiger charge is 2.16.